The topological polar surface area (TPSA) is 86.3 Å². The molecular weight excluding hydrogens is 414 g/mol. The van der Waals surface area contributed by atoms with Crippen LogP contribution in [-0.4, -0.2) is 38.2 Å². The van der Waals surface area contributed by atoms with Crippen LogP contribution < -0.4 is 0 Å². The fourth-order valence-electron chi connectivity index (χ4n) is 4.40. The summed E-state index contributed by atoms with van der Waals surface area (Å²) in [5, 5.41) is 12.2. The fourth-order valence-corrected chi connectivity index (χ4v) is 4.40. The number of H-pyrrole nitrogens is 1. The minimum atomic E-state index is -0.752. The van der Waals surface area contributed by atoms with E-state index in [2.05, 4.69) is 9.97 Å². The normalized spacial score (nSPS) is 17.7. The highest BCUT2D eigenvalue weighted by Gasteiger charge is 2.46. The van der Waals surface area contributed by atoms with E-state index in [1.165, 1.54) is 4.90 Å². The van der Waals surface area contributed by atoms with Crippen LogP contribution in [-0.2, 0) is 16.0 Å². The Labute approximate surface area is 191 Å². The van der Waals surface area contributed by atoms with Crippen LogP contribution in [0.5, 0.6) is 0 Å². The second-order valence-electron chi connectivity index (χ2n) is 8.22. The Hall–Kier alpha value is -4.19. The maximum atomic E-state index is 13.1. The van der Waals surface area contributed by atoms with Crippen LogP contribution in [0.4, 0.5) is 0 Å². The number of aromatic amines is 1. The van der Waals surface area contributed by atoms with Crippen molar-refractivity contribution in [3.8, 4) is 0 Å². The summed E-state index contributed by atoms with van der Waals surface area (Å²) in [5.74, 6) is -1.50. The van der Waals surface area contributed by atoms with Gasteiger partial charge in [-0.1, -0.05) is 54.1 Å². The summed E-state index contributed by atoms with van der Waals surface area (Å²) in [6.45, 7) is 2.26. The molecule has 3 heterocycles. The van der Waals surface area contributed by atoms with Crippen molar-refractivity contribution in [2.75, 3.05) is 6.54 Å². The molecule has 1 amide bonds. The lowest BCUT2D eigenvalue weighted by Gasteiger charge is -2.24. The molecule has 0 radical (unpaired) electrons. The number of likely N-dealkylation sites (tertiary alicyclic amines) is 1. The number of benzene rings is 2. The summed E-state index contributed by atoms with van der Waals surface area (Å²) in [5.41, 5.74) is 4.23. The van der Waals surface area contributed by atoms with Gasteiger partial charge in [-0.05, 0) is 37.1 Å². The molecule has 0 saturated carbocycles. The minimum absolute atomic E-state index is 0.0708. The van der Waals surface area contributed by atoms with Crippen LogP contribution in [0.2, 0.25) is 0 Å². The van der Waals surface area contributed by atoms with Crippen molar-refractivity contribution in [2.45, 2.75) is 19.4 Å². The minimum Gasteiger partial charge on any atom is -0.507 e. The van der Waals surface area contributed by atoms with Gasteiger partial charge in [-0.3, -0.25) is 14.6 Å². The first-order valence-electron chi connectivity index (χ1n) is 10.9. The molecule has 33 heavy (non-hydrogen) atoms. The van der Waals surface area contributed by atoms with E-state index in [-0.39, 0.29) is 11.3 Å². The van der Waals surface area contributed by atoms with Gasteiger partial charge in [0.05, 0.1) is 11.3 Å². The van der Waals surface area contributed by atoms with E-state index in [0.717, 1.165) is 22.0 Å². The molecule has 5 rings (SSSR count). The molecule has 1 fully saturated rings. The van der Waals surface area contributed by atoms with Crippen molar-refractivity contribution in [1.82, 2.24) is 14.9 Å². The molecule has 4 aromatic rings. The molecule has 164 valence electrons. The number of carbonyl (C=O) groups excluding carboxylic acids is 2. The van der Waals surface area contributed by atoms with Crippen LogP contribution in [0.25, 0.3) is 16.7 Å². The zero-order valence-electron chi connectivity index (χ0n) is 18.2. The number of amides is 1. The SMILES string of the molecule is Cc1ccc(C(O)=C2C(=O)C(=O)N(CCc3c[nH]c4ccccc34)C2c2ccccn2)cc1. The Kier molecular flexibility index (Phi) is 5.26. The number of Topliss-reactive ketones (excluding diaryl/α,β-unsaturated/α-hetero) is 1. The predicted octanol–water partition coefficient (Wildman–Crippen LogP) is 4.54. The molecule has 6 nitrogen and oxygen atoms in total. The molecule has 2 aromatic carbocycles. The molecular formula is C27H23N3O3. The predicted molar refractivity (Wildman–Crippen MR) is 126 cm³/mol. The fraction of sp³-hybridized carbons (Fsp3) is 0.148. The molecule has 2 aromatic heterocycles. The lowest BCUT2D eigenvalue weighted by molar-refractivity contribution is -0.139. The highest BCUT2D eigenvalue weighted by Crippen LogP contribution is 2.38. The summed E-state index contributed by atoms with van der Waals surface area (Å²) in [4.78, 5) is 35.4. The zero-order valence-corrected chi connectivity index (χ0v) is 18.2. The average Bonchev–Trinajstić information content (AvgIpc) is 3.37. The van der Waals surface area contributed by atoms with E-state index in [0.29, 0.717) is 24.2 Å². The van der Waals surface area contributed by atoms with Crippen molar-refractivity contribution in [2.24, 2.45) is 0 Å². The zero-order chi connectivity index (χ0) is 22.9. The molecule has 0 aliphatic carbocycles. The van der Waals surface area contributed by atoms with Gasteiger partial charge in [0.25, 0.3) is 11.7 Å². The Morgan fingerprint density at radius 2 is 1.79 bits per heavy atom. The van der Waals surface area contributed by atoms with Gasteiger partial charge >= 0.3 is 0 Å². The number of aliphatic hydroxyl groups excluding tert-OH is 1. The monoisotopic (exact) mass is 437 g/mol. The van der Waals surface area contributed by atoms with Gasteiger partial charge in [-0.25, -0.2) is 0 Å². The number of hydrogen-bond donors (Lipinski definition) is 2. The molecule has 1 aliphatic rings. The highest BCUT2D eigenvalue weighted by atomic mass is 16.3. The van der Waals surface area contributed by atoms with E-state index in [1.807, 2.05) is 55.6 Å². The molecule has 6 heteroatoms. The molecule has 1 aliphatic heterocycles. The number of fused-ring (bicyclic) bond motifs is 1. The van der Waals surface area contributed by atoms with Gasteiger partial charge in [0.2, 0.25) is 0 Å². The number of ketones is 1. The lowest BCUT2D eigenvalue weighted by Crippen LogP contribution is -2.32. The number of nitrogens with one attached hydrogen (secondary N) is 1. The molecule has 2 N–H and O–H groups in total. The third-order valence-electron chi connectivity index (χ3n) is 6.13. The highest BCUT2D eigenvalue weighted by molar-refractivity contribution is 6.46. The second-order valence-corrected chi connectivity index (χ2v) is 8.22. The lowest BCUT2D eigenvalue weighted by atomic mass is 9.98. The van der Waals surface area contributed by atoms with Crippen LogP contribution in [0.3, 0.4) is 0 Å². The summed E-state index contributed by atoms with van der Waals surface area (Å²) < 4.78 is 0. The number of hydrogen-bond acceptors (Lipinski definition) is 4. The van der Waals surface area contributed by atoms with E-state index in [9.17, 15) is 14.7 Å². The van der Waals surface area contributed by atoms with E-state index in [1.54, 1.807) is 30.5 Å². The first kappa shape index (κ1) is 20.7. The second kappa shape index (κ2) is 8.39. The van der Waals surface area contributed by atoms with E-state index >= 15 is 0 Å². The number of aromatic nitrogens is 2. The number of para-hydroxylation sites is 1. The number of pyridine rings is 1. The van der Waals surface area contributed by atoms with Gasteiger partial charge < -0.3 is 15.0 Å². The van der Waals surface area contributed by atoms with Crippen LogP contribution in [0, 0.1) is 6.92 Å². The number of carbonyl (C=O) groups is 2. The van der Waals surface area contributed by atoms with Gasteiger partial charge in [0.1, 0.15) is 11.8 Å². The van der Waals surface area contributed by atoms with Gasteiger partial charge in [0.15, 0.2) is 0 Å². The Morgan fingerprint density at radius 1 is 1.03 bits per heavy atom. The standard InChI is InChI=1S/C27H23N3O3/c1-17-9-11-18(12-10-17)25(31)23-24(22-8-4-5-14-28-22)30(27(33)26(23)32)15-13-19-16-29-21-7-3-2-6-20(19)21/h2-12,14,16,24,29,31H,13,15H2,1H3. The van der Waals surface area contributed by atoms with Crippen molar-refractivity contribution in [1.29, 1.82) is 0 Å². The largest absolute Gasteiger partial charge is 0.507 e. The number of aryl methyl sites for hydroxylation is 1. The molecule has 1 atom stereocenters. The summed E-state index contributed by atoms with van der Waals surface area (Å²) in [7, 11) is 0. The molecule has 0 spiro atoms. The molecule has 0 bridgehead atoms. The van der Waals surface area contributed by atoms with Crippen LogP contribution >= 0.6 is 0 Å². The smallest absolute Gasteiger partial charge is 0.295 e. The van der Waals surface area contributed by atoms with Crippen LogP contribution in [0.1, 0.15) is 28.4 Å². The van der Waals surface area contributed by atoms with Gasteiger partial charge in [0, 0.05) is 35.4 Å². The van der Waals surface area contributed by atoms with Crippen LogP contribution in [0.15, 0.2) is 84.7 Å². The van der Waals surface area contributed by atoms with E-state index < -0.39 is 17.7 Å². The quantitative estimate of drug-likeness (QED) is 0.273. The maximum absolute atomic E-state index is 13.1. The Bertz CT molecular complexity index is 1370. The van der Waals surface area contributed by atoms with Crippen molar-refractivity contribution in [3.63, 3.8) is 0 Å². The maximum Gasteiger partial charge on any atom is 0.295 e. The van der Waals surface area contributed by atoms with Crippen molar-refractivity contribution < 1.29 is 14.7 Å². The summed E-state index contributed by atoms with van der Waals surface area (Å²) >= 11 is 0. The molecule has 1 saturated heterocycles. The first-order valence-corrected chi connectivity index (χ1v) is 10.9. The third-order valence-corrected chi connectivity index (χ3v) is 6.13. The van der Waals surface area contributed by atoms with Crippen molar-refractivity contribution >= 4 is 28.4 Å². The summed E-state index contributed by atoms with van der Waals surface area (Å²) in [6.07, 6.45) is 4.12. The first-order chi connectivity index (χ1) is 16.0. The number of rotatable bonds is 5. The van der Waals surface area contributed by atoms with E-state index in [4.69, 9.17) is 0 Å². The molecule has 1 unspecified atom stereocenters. The third kappa shape index (κ3) is 3.69. The van der Waals surface area contributed by atoms with Crippen molar-refractivity contribution in [3.05, 3.63) is 107 Å². The average molecular weight is 437 g/mol. The number of aliphatic hydroxyl groups is 1. The number of nitrogens with zero attached hydrogens (tertiary/aromatic N) is 2. The Balaban J connectivity index is 1.55. The summed E-state index contributed by atoms with van der Waals surface area (Å²) in [6, 6.07) is 19.8. The van der Waals surface area contributed by atoms with Gasteiger partial charge in [-0.15, -0.1) is 0 Å². The van der Waals surface area contributed by atoms with Gasteiger partial charge in [-0.2, -0.15) is 0 Å². The Morgan fingerprint density at radius 3 is 2.55 bits per heavy atom.